The molecule has 0 aliphatic carbocycles. The molecule has 7 nitrogen and oxygen atoms in total. The molecule has 0 radical (unpaired) electrons. The molecule has 4 rings (SSSR count). The number of fused-ring (bicyclic) bond motifs is 1. The maximum atomic E-state index is 12.8. The van der Waals surface area contributed by atoms with E-state index in [-0.39, 0.29) is 10.8 Å². The molecular formula is C23H26N2O5S. The largest absolute Gasteiger partial charge is 0.486 e. The van der Waals surface area contributed by atoms with Crippen molar-refractivity contribution in [2.75, 3.05) is 31.6 Å². The van der Waals surface area contributed by atoms with Gasteiger partial charge in [0.15, 0.2) is 11.5 Å². The summed E-state index contributed by atoms with van der Waals surface area (Å²) in [4.78, 5) is 12.5. The number of rotatable bonds is 5. The van der Waals surface area contributed by atoms with Crippen molar-refractivity contribution >= 4 is 27.7 Å². The summed E-state index contributed by atoms with van der Waals surface area (Å²) >= 11 is 0. The van der Waals surface area contributed by atoms with Crippen LogP contribution in [0.15, 0.2) is 53.4 Å². The molecule has 1 fully saturated rings. The quantitative estimate of drug-likeness (QED) is 0.714. The summed E-state index contributed by atoms with van der Waals surface area (Å²) in [6.07, 6.45) is 7.01. The highest BCUT2D eigenvalue weighted by atomic mass is 32.2. The van der Waals surface area contributed by atoms with Crippen LogP contribution in [-0.4, -0.2) is 44.9 Å². The van der Waals surface area contributed by atoms with Crippen LogP contribution in [0.3, 0.4) is 0 Å². The normalized spacial score (nSPS) is 17.3. The van der Waals surface area contributed by atoms with Gasteiger partial charge in [0.25, 0.3) is 0 Å². The van der Waals surface area contributed by atoms with Gasteiger partial charge in [0.05, 0.1) is 4.90 Å². The van der Waals surface area contributed by atoms with E-state index in [4.69, 9.17) is 9.47 Å². The van der Waals surface area contributed by atoms with Crippen LogP contribution in [-0.2, 0) is 14.8 Å². The summed E-state index contributed by atoms with van der Waals surface area (Å²) in [5.41, 5.74) is 1.35. The highest BCUT2D eigenvalue weighted by Crippen LogP contribution is 2.32. The van der Waals surface area contributed by atoms with E-state index in [0.29, 0.717) is 43.5 Å². The van der Waals surface area contributed by atoms with E-state index in [9.17, 15) is 13.2 Å². The van der Waals surface area contributed by atoms with Crippen molar-refractivity contribution in [3.63, 3.8) is 0 Å². The molecule has 2 aliphatic heterocycles. The third-order valence-corrected chi connectivity index (χ3v) is 7.23. The first kappa shape index (κ1) is 21.4. The number of anilines is 1. The Balaban J connectivity index is 1.38. The molecule has 1 amide bonds. The maximum Gasteiger partial charge on any atom is 0.248 e. The van der Waals surface area contributed by atoms with Gasteiger partial charge >= 0.3 is 0 Å². The Kier molecular flexibility index (Phi) is 6.58. The van der Waals surface area contributed by atoms with E-state index in [1.807, 2.05) is 0 Å². The molecular weight excluding hydrogens is 416 g/mol. The first-order chi connectivity index (χ1) is 15.0. The number of carbonyl (C=O) groups is 1. The van der Waals surface area contributed by atoms with Gasteiger partial charge in [-0.1, -0.05) is 25.0 Å². The number of nitrogens with one attached hydrogen (secondary N) is 1. The summed E-state index contributed by atoms with van der Waals surface area (Å²) in [6.45, 7) is 2.14. The van der Waals surface area contributed by atoms with Crippen molar-refractivity contribution in [1.82, 2.24) is 4.31 Å². The van der Waals surface area contributed by atoms with E-state index >= 15 is 0 Å². The molecule has 2 aromatic rings. The molecule has 2 aliphatic rings. The van der Waals surface area contributed by atoms with Gasteiger partial charge in [-0.2, -0.15) is 4.31 Å². The Bertz CT molecular complexity index is 1060. The smallest absolute Gasteiger partial charge is 0.248 e. The number of ether oxygens (including phenoxy) is 2. The molecule has 31 heavy (non-hydrogen) atoms. The van der Waals surface area contributed by atoms with Crippen molar-refractivity contribution in [3.8, 4) is 11.5 Å². The Morgan fingerprint density at radius 2 is 1.58 bits per heavy atom. The number of benzene rings is 2. The minimum absolute atomic E-state index is 0.285. The molecule has 0 spiro atoms. The molecule has 0 bridgehead atoms. The number of carbonyl (C=O) groups excluding carboxylic acids is 1. The van der Waals surface area contributed by atoms with E-state index < -0.39 is 10.0 Å². The van der Waals surface area contributed by atoms with Crippen LogP contribution >= 0.6 is 0 Å². The Morgan fingerprint density at radius 1 is 0.903 bits per heavy atom. The third-order valence-electron chi connectivity index (χ3n) is 5.32. The topological polar surface area (TPSA) is 84.9 Å². The summed E-state index contributed by atoms with van der Waals surface area (Å²) < 4.78 is 38.3. The fourth-order valence-electron chi connectivity index (χ4n) is 3.66. The second kappa shape index (κ2) is 9.53. The molecule has 1 saturated heterocycles. The Hall–Kier alpha value is -2.84. The highest BCUT2D eigenvalue weighted by Gasteiger charge is 2.24. The van der Waals surface area contributed by atoms with E-state index in [1.165, 1.54) is 6.08 Å². The first-order valence-corrected chi connectivity index (χ1v) is 12.0. The van der Waals surface area contributed by atoms with Gasteiger partial charge in [0.2, 0.25) is 15.9 Å². The van der Waals surface area contributed by atoms with Crippen LogP contribution in [0.4, 0.5) is 5.69 Å². The van der Waals surface area contributed by atoms with Gasteiger partial charge < -0.3 is 14.8 Å². The summed E-state index contributed by atoms with van der Waals surface area (Å²) in [5, 5.41) is 2.78. The SMILES string of the molecule is O=C(C=Cc1ccc(S(=O)(=O)N2CCCCCC2)cc1)Nc1ccc2c(c1)OCCO2. The molecule has 1 N–H and O–H groups in total. The Morgan fingerprint density at radius 3 is 2.29 bits per heavy atom. The van der Waals surface area contributed by atoms with Crippen LogP contribution in [0.5, 0.6) is 11.5 Å². The second-order valence-electron chi connectivity index (χ2n) is 7.57. The average molecular weight is 443 g/mol. The predicted molar refractivity (Wildman–Crippen MR) is 119 cm³/mol. The Labute approximate surface area is 182 Å². The number of amides is 1. The van der Waals surface area contributed by atoms with Crippen molar-refractivity contribution in [2.24, 2.45) is 0 Å². The number of hydrogen-bond acceptors (Lipinski definition) is 5. The molecule has 0 atom stereocenters. The molecule has 8 heteroatoms. The lowest BCUT2D eigenvalue weighted by atomic mass is 10.2. The number of nitrogens with zero attached hydrogens (tertiary/aromatic N) is 1. The molecule has 2 aromatic carbocycles. The van der Waals surface area contributed by atoms with Crippen molar-refractivity contribution in [3.05, 3.63) is 54.1 Å². The van der Waals surface area contributed by atoms with Crippen LogP contribution < -0.4 is 14.8 Å². The van der Waals surface area contributed by atoms with Gasteiger partial charge in [0, 0.05) is 30.9 Å². The lowest BCUT2D eigenvalue weighted by Crippen LogP contribution is -2.31. The van der Waals surface area contributed by atoms with Crippen LogP contribution in [0.1, 0.15) is 31.2 Å². The van der Waals surface area contributed by atoms with Gasteiger partial charge in [-0.25, -0.2) is 8.42 Å². The van der Waals surface area contributed by atoms with E-state index in [2.05, 4.69) is 5.32 Å². The zero-order valence-corrected chi connectivity index (χ0v) is 18.1. The van der Waals surface area contributed by atoms with Gasteiger partial charge in [-0.3, -0.25) is 4.79 Å². The lowest BCUT2D eigenvalue weighted by molar-refractivity contribution is -0.111. The second-order valence-corrected chi connectivity index (χ2v) is 9.51. The minimum atomic E-state index is -3.47. The van der Waals surface area contributed by atoms with Crippen LogP contribution in [0, 0.1) is 0 Å². The third kappa shape index (κ3) is 5.26. The molecule has 0 aromatic heterocycles. The predicted octanol–water partition coefficient (Wildman–Crippen LogP) is 3.67. The fraction of sp³-hybridized carbons (Fsp3) is 0.348. The average Bonchev–Trinajstić information content (AvgIpc) is 3.08. The molecule has 2 heterocycles. The van der Waals surface area contributed by atoms with E-state index in [1.54, 1.807) is 52.8 Å². The summed E-state index contributed by atoms with van der Waals surface area (Å²) in [5.74, 6) is 0.974. The van der Waals surface area contributed by atoms with Gasteiger partial charge in [0.1, 0.15) is 13.2 Å². The van der Waals surface area contributed by atoms with Gasteiger partial charge in [-0.15, -0.1) is 0 Å². The van der Waals surface area contributed by atoms with Crippen molar-refractivity contribution in [2.45, 2.75) is 30.6 Å². The zero-order chi connectivity index (χ0) is 21.7. The number of sulfonamides is 1. The monoisotopic (exact) mass is 442 g/mol. The van der Waals surface area contributed by atoms with E-state index in [0.717, 1.165) is 31.2 Å². The maximum absolute atomic E-state index is 12.8. The van der Waals surface area contributed by atoms with Crippen LogP contribution in [0.25, 0.3) is 6.08 Å². The van der Waals surface area contributed by atoms with Crippen molar-refractivity contribution < 1.29 is 22.7 Å². The first-order valence-electron chi connectivity index (χ1n) is 10.5. The number of hydrogen-bond donors (Lipinski definition) is 1. The minimum Gasteiger partial charge on any atom is -0.486 e. The van der Waals surface area contributed by atoms with Gasteiger partial charge in [-0.05, 0) is 48.7 Å². The lowest BCUT2D eigenvalue weighted by Gasteiger charge is -2.19. The fourth-order valence-corrected chi connectivity index (χ4v) is 5.18. The standard InChI is InChI=1S/C23H26N2O5S/c26-23(24-19-8-11-21-22(17-19)30-16-15-29-21)12-7-18-5-9-20(10-6-18)31(27,28)25-13-3-1-2-4-14-25/h5-12,17H,1-4,13-16H2,(H,24,26). The molecule has 0 unspecified atom stereocenters. The summed E-state index contributed by atoms with van der Waals surface area (Å²) in [7, 11) is -3.47. The molecule has 164 valence electrons. The highest BCUT2D eigenvalue weighted by molar-refractivity contribution is 7.89. The van der Waals surface area contributed by atoms with Crippen LogP contribution in [0.2, 0.25) is 0 Å². The van der Waals surface area contributed by atoms with Crippen molar-refractivity contribution in [1.29, 1.82) is 0 Å². The molecule has 0 saturated carbocycles. The summed E-state index contributed by atoms with van der Waals surface area (Å²) in [6, 6.07) is 11.8. The zero-order valence-electron chi connectivity index (χ0n) is 17.2.